The lowest BCUT2D eigenvalue weighted by Gasteiger charge is -2.06. The van der Waals surface area contributed by atoms with E-state index >= 15 is 0 Å². The van der Waals surface area contributed by atoms with Gasteiger partial charge in [-0.3, -0.25) is 9.59 Å². The van der Waals surface area contributed by atoms with Crippen LogP contribution < -0.4 is 10.6 Å². The van der Waals surface area contributed by atoms with Crippen molar-refractivity contribution in [2.45, 2.75) is 13.3 Å². The predicted molar refractivity (Wildman–Crippen MR) is 93.1 cm³/mol. The van der Waals surface area contributed by atoms with Gasteiger partial charge in [0, 0.05) is 29.2 Å². The number of carbonyl (C=O) groups excluding carboxylic acids is 2. The minimum atomic E-state index is -0.192. The molecule has 1 heterocycles. The molecule has 0 unspecified atom stereocenters. The molecule has 5 heteroatoms. The SMILES string of the molecule is CNC(=O)c1cccc(NC(=O)Cc2coc3cc(C)ccc23)c1. The fraction of sp³-hybridized carbons (Fsp3) is 0.158. The minimum Gasteiger partial charge on any atom is -0.464 e. The first-order valence-corrected chi connectivity index (χ1v) is 7.65. The number of anilines is 1. The quantitative estimate of drug-likeness (QED) is 0.774. The lowest BCUT2D eigenvalue weighted by Crippen LogP contribution is -2.19. The van der Waals surface area contributed by atoms with Gasteiger partial charge in [-0.15, -0.1) is 0 Å². The molecule has 5 nitrogen and oxygen atoms in total. The summed E-state index contributed by atoms with van der Waals surface area (Å²) in [6.45, 7) is 1.99. The summed E-state index contributed by atoms with van der Waals surface area (Å²) in [6.07, 6.45) is 1.82. The first-order chi connectivity index (χ1) is 11.6. The Bertz CT molecular complexity index is 912. The van der Waals surface area contributed by atoms with Crippen molar-refractivity contribution >= 4 is 28.5 Å². The fourth-order valence-corrected chi connectivity index (χ4v) is 2.59. The van der Waals surface area contributed by atoms with Gasteiger partial charge in [-0.05, 0) is 36.8 Å². The second-order valence-electron chi connectivity index (χ2n) is 5.65. The number of hydrogen-bond acceptors (Lipinski definition) is 3. The molecule has 122 valence electrons. The third-order valence-electron chi connectivity index (χ3n) is 3.80. The Morgan fingerprint density at radius 3 is 2.75 bits per heavy atom. The number of amides is 2. The average Bonchev–Trinajstić information content (AvgIpc) is 2.96. The monoisotopic (exact) mass is 322 g/mol. The number of nitrogens with one attached hydrogen (secondary N) is 2. The summed E-state index contributed by atoms with van der Waals surface area (Å²) in [5.74, 6) is -0.352. The zero-order valence-corrected chi connectivity index (χ0v) is 13.6. The van der Waals surface area contributed by atoms with E-state index in [1.807, 2.05) is 25.1 Å². The summed E-state index contributed by atoms with van der Waals surface area (Å²) in [5.41, 5.74) is 3.81. The molecule has 0 fully saturated rings. The maximum Gasteiger partial charge on any atom is 0.251 e. The molecule has 0 bridgehead atoms. The topological polar surface area (TPSA) is 71.3 Å². The summed E-state index contributed by atoms with van der Waals surface area (Å²) in [6, 6.07) is 12.7. The second kappa shape index (κ2) is 6.58. The Hall–Kier alpha value is -3.08. The van der Waals surface area contributed by atoms with Crippen LogP contribution >= 0.6 is 0 Å². The summed E-state index contributed by atoms with van der Waals surface area (Å²) in [7, 11) is 1.57. The van der Waals surface area contributed by atoms with Crippen LogP contribution in [-0.4, -0.2) is 18.9 Å². The number of hydrogen-bond donors (Lipinski definition) is 2. The molecule has 24 heavy (non-hydrogen) atoms. The third-order valence-corrected chi connectivity index (χ3v) is 3.80. The van der Waals surface area contributed by atoms with Gasteiger partial charge >= 0.3 is 0 Å². The van der Waals surface area contributed by atoms with Crippen molar-refractivity contribution in [1.82, 2.24) is 5.32 Å². The lowest BCUT2D eigenvalue weighted by molar-refractivity contribution is -0.115. The second-order valence-corrected chi connectivity index (χ2v) is 5.65. The van der Waals surface area contributed by atoms with Crippen LogP contribution in [0.4, 0.5) is 5.69 Å². The zero-order chi connectivity index (χ0) is 17.1. The number of rotatable bonds is 4. The highest BCUT2D eigenvalue weighted by atomic mass is 16.3. The van der Waals surface area contributed by atoms with Gasteiger partial charge < -0.3 is 15.1 Å². The summed E-state index contributed by atoms with van der Waals surface area (Å²) >= 11 is 0. The van der Waals surface area contributed by atoms with E-state index in [2.05, 4.69) is 10.6 Å². The molecule has 2 amide bonds. The molecule has 0 aliphatic heterocycles. The van der Waals surface area contributed by atoms with Gasteiger partial charge in [0.2, 0.25) is 5.91 Å². The number of aryl methyl sites for hydroxylation is 1. The van der Waals surface area contributed by atoms with Crippen molar-refractivity contribution in [3.8, 4) is 0 Å². The van der Waals surface area contributed by atoms with E-state index in [0.717, 1.165) is 22.1 Å². The Labute approximate surface area is 139 Å². The average molecular weight is 322 g/mol. The van der Waals surface area contributed by atoms with Gasteiger partial charge in [-0.2, -0.15) is 0 Å². The van der Waals surface area contributed by atoms with Crippen LogP contribution in [0.15, 0.2) is 53.1 Å². The van der Waals surface area contributed by atoms with Crippen molar-refractivity contribution in [1.29, 1.82) is 0 Å². The Morgan fingerprint density at radius 2 is 1.96 bits per heavy atom. The molecule has 0 saturated heterocycles. The molecule has 0 aliphatic rings. The van der Waals surface area contributed by atoms with Crippen LogP contribution in [0.25, 0.3) is 11.0 Å². The molecular weight excluding hydrogens is 304 g/mol. The largest absolute Gasteiger partial charge is 0.464 e. The van der Waals surface area contributed by atoms with Gasteiger partial charge in [0.25, 0.3) is 5.91 Å². The van der Waals surface area contributed by atoms with E-state index in [1.54, 1.807) is 37.6 Å². The third kappa shape index (κ3) is 3.30. The van der Waals surface area contributed by atoms with Crippen molar-refractivity contribution in [2.75, 3.05) is 12.4 Å². The molecule has 2 aromatic carbocycles. The number of benzene rings is 2. The van der Waals surface area contributed by atoms with Gasteiger partial charge in [0.05, 0.1) is 12.7 Å². The van der Waals surface area contributed by atoms with Gasteiger partial charge in [-0.1, -0.05) is 18.2 Å². The molecule has 0 spiro atoms. The van der Waals surface area contributed by atoms with Crippen molar-refractivity contribution in [2.24, 2.45) is 0 Å². The van der Waals surface area contributed by atoms with Crippen LogP contribution in [0, 0.1) is 6.92 Å². The van der Waals surface area contributed by atoms with E-state index in [4.69, 9.17) is 4.42 Å². The van der Waals surface area contributed by atoms with Gasteiger partial charge in [-0.25, -0.2) is 0 Å². The first kappa shape index (κ1) is 15.8. The molecule has 3 aromatic rings. The van der Waals surface area contributed by atoms with Crippen molar-refractivity contribution in [3.05, 3.63) is 65.4 Å². The van der Waals surface area contributed by atoms with Crippen LogP contribution in [-0.2, 0) is 11.2 Å². The molecule has 0 atom stereocenters. The van der Waals surface area contributed by atoms with Crippen LogP contribution in [0.3, 0.4) is 0 Å². The smallest absolute Gasteiger partial charge is 0.251 e. The maximum absolute atomic E-state index is 12.3. The minimum absolute atomic E-state index is 0.160. The Kier molecular flexibility index (Phi) is 4.33. The van der Waals surface area contributed by atoms with Crippen molar-refractivity contribution < 1.29 is 14.0 Å². The molecule has 1 aromatic heterocycles. The highest BCUT2D eigenvalue weighted by molar-refractivity contribution is 5.98. The Balaban J connectivity index is 1.74. The van der Waals surface area contributed by atoms with Crippen LogP contribution in [0.1, 0.15) is 21.5 Å². The van der Waals surface area contributed by atoms with Crippen LogP contribution in [0.2, 0.25) is 0 Å². The summed E-state index contributed by atoms with van der Waals surface area (Å²) in [5, 5.41) is 6.31. The normalized spacial score (nSPS) is 10.6. The lowest BCUT2D eigenvalue weighted by atomic mass is 10.1. The van der Waals surface area contributed by atoms with E-state index in [1.165, 1.54) is 0 Å². The number of fused-ring (bicyclic) bond motifs is 1. The van der Waals surface area contributed by atoms with E-state index in [9.17, 15) is 9.59 Å². The summed E-state index contributed by atoms with van der Waals surface area (Å²) < 4.78 is 5.51. The van der Waals surface area contributed by atoms with Gasteiger partial charge in [0.1, 0.15) is 5.58 Å². The predicted octanol–water partition coefficient (Wildman–Crippen LogP) is 3.28. The molecule has 0 radical (unpaired) electrons. The van der Waals surface area contributed by atoms with E-state index in [0.29, 0.717) is 11.3 Å². The summed E-state index contributed by atoms with van der Waals surface area (Å²) in [4.78, 5) is 23.9. The molecule has 3 rings (SSSR count). The molecule has 0 saturated carbocycles. The standard InChI is InChI=1S/C19H18N2O3/c1-12-6-7-16-14(11-24-17(16)8-12)10-18(22)21-15-5-3-4-13(9-15)19(23)20-2/h3-9,11H,10H2,1-2H3,(H,20,23)(H,21,22). The van der Waals surface area contributed by atoms with Gasteiger partial charge in [0.15, 0.2) is 0 Å². The number of carbonyl (C=O) groups is 2. The maximum atomic E-state index is 12.3. The molecular formula is C19H18N2O3. The van der Waals surface area contributed by atoms with Crippen molar-refractivity contribution in [3.63, 3.8) is 0 Å². The fourth-order valence-electron chi connectivity index (χ4n) is 2.59. The zero-order valence-electron chi connectivity index (χ0n) is 13.6. The molecule has 2 N–H and O–H groups in total. The Morgan fingerprint density at radius 1 is 1.12 bits per heavy atom. The van der Waals surface area contributed by atoms with E-state index in [-0.39, 0.29) is 18.2 Å². The van der Waals surface area contributed by atoms with Crippen LogP contribution in [0.5, 0.6) is 0 Å². The highest BCUT2D eigenvalue weighted by Crippen LogP contribution is 2.23. The first-order valence-electron chi connectivity index (χ1n) is 7.65. The van der Waals surface area contributed by atoms with E-state index < -0.39 is 0 Å². The number of furan rings is 1. The highest BCUT2D eigenvalue weighted by Gasteiger charge is 2.11. The molecule has 0 aliphatic carbocycles.